The molecule has 3 rings (SSSR count). The largest absolute Gasteiger partial charge is 0.381 e. The Labute approximate surface area is 155 Å². The van der Waals surface area contributed by atoms with Crippen molar-refractivity contribution in [2.24, 2.45) is 5.92 Å². The minimum absolute atomic E-state index is 0.0221. The van der Waals surface area contributed by atoms with Gasteiger partial charge in [0, 0.05) is 32.2 Å². The molecule has 1 aliphatic carbocycles. The van der Waals surface area contributed by atoms with Gasteiger partial charge in [0.1, 0.15) is 6.04 Å². The molecule has 1 saturated carbocycles. The van der Waals surface area contributed by atoms with Crippen molar-refractivity contribution in [3.05, 3.63) is 0 Å². The van der Waals surface area contributed by atoms with Crippen LogP contribution in [-0.2, 0) is 24.3 Å². The Hall–Kier alpha value is -1.19. The van der Waals surface area contributed by atoms with Crippen LogP contribution in [-0.4, -0.2) is 68.7 Å². The van der Waals surface area contributed by atoms with Gasteiger partial charge in [0.15, 0.2) is 0 Å². The van der Waals surface area contributed by atoms with Crippen LogP contribution in [0.2, 0.25) is 0 Å². The average Bonchev–Trinajstić information content (AvgIpc) is 2.73. The fourth-order valence-corrected chi connectivity index (χ4v) is 5.04. The number of hydrogen-bond acceptors (Lipinski definition) is 5. The second kappa shape index (κ2) is 7.82. The van der Waals surface area contributed by atoms with E-state index in [2.05, 4.69) is 10.6 Å². The summed E-state index contributed by atoms with van der Waals surface area (Å²) in [4.78, 5) is 25.4. The maximum absolute atomic E-state index is 12.8. The van der Waals surface area contributed by atoms with Gasteiger partial charge in [-0.15, -0.1) is 0 Å². The first-order chi connectivity index (χ1) is 12.3. The number of carbonyl (C=O) groups excluding carboxylic acids is 2. The van der Waals surface area contributed by atoms with Gasteiger partial charge in [-0.2, -0.15) is 4.31 Å². The number of nitrogens with one attached hydrogen (secondary N) is 2. The fraction of sp³-hybridized carbons (Fsp3) is 0.882. The molecular weight excluding hydrogens is 358 g/mol. The molecule has 2 N–H and O–H groups in total. The zero-order valence-corrected chi connectivity index (χ0v) is 16.1. The van der Waals surface area contributed by atoms with Gasteiger partial charge in [-0.3, -0.25) is 9.59 Å². The van der Waals surface area contributed by atoms with Gasteiger partial charge in [0.05, 0.1) is 11.8 Å². The summed E-state index contributed by atoms with van der Waals surface area (Å²) in [6, 6.07) is -0.860. The number of amides is 2. The molecule has 2 saturated heterocycles. The van der Waals surface area contributed by atoms with E-state index >= 15 is 0 Å². The second-order valence-corrected chi connectivity index (χ2v) is 9.82. The van der Waals surface area contributed by atoms with Gasteiger partial charge >= 0.3 is 0 Å². The molecule has 1 atom stereocenters. The van der Waals surface area contributed by atoms with E-state index in [9.17, 15) is 18.0 Å². The van der Waals surface area contributed by atoms with Crippen molar-refractivity contribution < 1.29 is 22.7 Å². The van der Waals surface area contributed by atoms with E-state index in [4.69, 9.17) is 4.74 Å². The molecule has 8 nitrogen and oxygen atoms in total. The predicted octanol–water partition coefficient (Wildman–Crippen LogP) is -0.00790. The van der Waals surface area contributed by atoms with E-state index in [-0.39, 0.29) is 30.8 Å². The van der Waals surface area contributed by atoms with Crippen LogP contribution in [0.15, 0.2) is 0 Å². The molecule has 0 aromatic rings. The third kappa shape index (κ3) is 4.55. The van der Waals surface area contributed by atoms with E-state index in [1.54, 1.807) is 0 Å². The van der Waals surface area contributed by atoms with Crippen LogP contribution < -0.4 is 10.6 Å². The van der Waals surface area contributed by atoms with E-state index in [1.165, 1.54) is 4.31 Å². The Morgan fingerprint density at radius 2 is 1.88 bits per heavy atom. The molecular formula is C17H29N3O5S. The van der Waals surface area contributed by atoms with Crippen molar-refractivity contribution in [3.63, 3.8) is 0 Å². The van der Waals surface area contributed by atoms with E-state index < -0.39 is 21.6 Å². The molecule has 9 heteroatoms. The summed E-state index contributed by atoms with van der Waals surface area (Å²) in [6.07, 6.45) is 7.12. The predicted molar refractivity (Wildman–Crippen MR) is 95.8 cm³/mol. The van der Waals surface area contributed by atoms with Crippen molar-refractivity contribution in [1.29, 1.82) is 0 Å². The van der Waals surface area contributed by atoms with Crippen LogP contribution in [0.3, 0.4) is 0 Å². The summed E-state index contributed by atoms with van der Waals surface area (Å²) >= 11 is 0. The highest BCUT2D eigenvalue weighted by molar-refractivity contribution is 7.88. The van der Waals surface area contributed by atoms with Gasteiger partial charge in [-0.25, -0.2) is 8.42 Å². The minimum Gasteiger partial charge on any atom is -0.381 e. The first-order valence-electron chi connectivity index (χ1n) is 9.44. The van der Waals surface area contributed by atoms with Gasteiger partial charge < -0.3 is 15.4 Å². The lowest BCUT2D eigenvalue weighted by molar-refractivity contribution is -0.132. The summed E-state index contributed by atoms with van der Waals surface area (Å²) in [5.74, 6) is -0.521. The monoisotopic (exact) mass is 387 g/mol. The molecule has 2 heterocycles. The number of rotatable bonds is 3. The van der Waals surface area contributed by atoms with Crippen molar-refractivity contribution in [1.82, 2.24) is 14.9 Å². The first kappa shape index (κ1) is 19.6. The van der Waals surface area contributed by atoms with Gasteiger partial charge in [-0.05, 0) is 25.7 Å². The molecule has 1 unspecified atom stereocenters. The Kier molecular flexibility index (Phi) is 5.88. The van der Waals surface area contributed by atoms with E-state index in [0.717, 1.165) is 38.4 Å². The average molecular weight is 388 g/mol. The second-order valence-electron chi connectivity index (χ2n) is 7.83. The lowest BCUT2D eigenvalue weighted by Crippen LogP contribution is -2.58. The minimum atomic E-state index is -3.49. The molecule has 2 amide bonds. The number of ether oxygens (including phenoxy) is 1. The van der Waals surface area contributed by atoms with Gasteiger partial charge in [0.2, 0.25) is 21.8 Å². The van der Waals surface area contributed by atoms with E-state index in [1.807, 2.05) is 0 Å². The SMILES string of the molecule is CS(=O)(=O)N1CC(NC(=O)C2CCCCC2)C(=O)NC2(CCOCC2)C1. The highest BCUT2D eigenvalue weighted by Crippen LogP contribution is 2.27. The van der Waals surface area contributed by atoms with Crippen LogP contribution in [0.4, 0.5) is 0 Å². The Balaban J connectivity index is 1.76. The van der Waals surface area contributed by atoms with Crippen LogP contribution in [0.5, 0.6) is 0 Å². The topological polar surface area (TPSA) is 105 Å². The highest BCUT2D eigenvalue weighted by atomic mass is 32.2. The highest BCUT2D eigenvalue weighted by Gasteiger charge is 2.44. The zero-order valence-electron chi connectivity index (χ0n) is 15.3. The van der Waals surface area contributed by atoms with Gasteiger partial charge in [0.25, 0.3) is 0 Å². The molecule has 1 spiro atoms. The summed E-state index contributed by atoms with van der Waals surface area (Å²) in [6.45, 7) is 1.16. The summed E-state index contributed by atoms with van der Waals surface area (Å²) in [7, 11) is -3.49. The molecule has 26 heavy (non-hydrogen) atoms. The number of sulfonamides is 1. The Bertz CT molecular complexity index is 639. The molecule has 0 radical (unpaired) electrons. The molecule has 0 aromatic heterocycles. The van der Waals surface area contributed by atoms with Crippen LogP contribution in [0, 0.1) is 5.92 Å². The summed E-state index contributed by atoms with van der Waals surface area (Å²) in [5.41, 5.74) is -0.622. The summed E-state index contributed by atoms with van der Waals surface area (Å²) in [5, 5.41) is 5.83. The Morgan fingerprint density at radius 3 is 2.50 bits per heavy atom. The summed E-state index contributed by atoms with van der Waals surface area (Å²) < 4.78 is 31.2. The maximum Gasteiger partial charge on any atom is 0.244 e. The normalized spacial score (nSPS) is 28.3. The fourth-order valence-electron chi connectivity index (χ4n) is 4.14. The number of hydrogen-bond donors (Lipinski definition) is 2. The lowest BCUT2D eigenvalue weighted by atomic mass is 9.88. The molecule has 148 valence electrons. The molecule has 0 bridgehead atoms. The smallest absolute Gasteiger partial charge is 0.244 e. The maximum atomic E-state index is 12.8. The van der Waals surface area contributed by atoms with Crippen LogP contribution in [0.1, 0.15) is 44.9 Å². The number of nitrogens with zero attached hydrogens (tertiary/aromatic N) is 1. The van der Waals surface area contributed by atoms with E-state index in [0.29, 0.717) is 26.1 Å². The first-order valence-corrected chi connectivity index (χ1v) is 11.3. The molecule has 3 aliphatic rings. The molecule has 3 fully saturated rings. The quantitative estimate of drug-likeness (QED) is 0.709. The van der Waals surface area contributed by atoms with Crippen molar-refractivity contribution in [3.8, 4) is 0 Å². The lowest BCUT2D eigenvalue weighted by Gasteiger charge is -2.38. The third-order valence-corrected chi connectivity index (χ3v) is 7.00. The third-order valence-electron chi connectivity index (χ3n) is 5.78. The standard InChI is InChI=1S/C17H29N3O5S/c1-26(23,24)20-11-14(18-15(21)13-5-3-2-4-6-13)16(22)19-17(12-20)7-9-25-10-8-17/h13-14H,2-12H2,1H3,(H,18,21)(H,19,22). The zero-order chi connectivity index (χ0) is 18.8. The van der Waals surface area contributed by atoms with Crippen LogP contribution in [0.25, 0.3) is 0 Å². The van der Waals surface area contributed by atoms with Gasteiger partial charge in [-0.1, -0.05) is 19.3 Å². The van der Waals surface area contributed by atoms with Crippen molar-refractivity contribution in [2.45, 2.75) is 56.5 Å². The Morgan fingerprint density at radius 1 is 1.23 bits per heavy atom. The van der Waals surface area contributed by atoms with Crippen LogP contribution >= 0.6 is 0 Å². The number of carbonyl (C=O) groups is 2. The molecule has 0 aromatic carbocycles. The molecule has 2 aliphatic heterocycles. The van der Waals surface area contributed by atoms with Crippen molar-refractivity contribution in [2.75, 3.05) is 32.6 Å². The van der Waals surface area contributed by atoms with Crippen molar-refractivity contribution >= 4 is 21.8 Å².